The first kappa shape index (κ1) is 71.7. The van der Waals surface area contributed by atoms with E-state index in [4.69, 9.17) is 39.3 Å². The molecule has 5 heterocycles. The van der Waals surface area contributed by atoms with E-state index >= 15 is 0 Å². The van der Waals surface area contributed by atoms with Gasteiger partial charge in [0.05, 0.1) is 36.8 Å². The van der Waals surface area contributed by atoms with Crippen molar-refractivity contribution in [2.75, 3.05) is 98.0 Å². The van der Waals surface area contributed by atoms with Crippen LogP contribution < -0.4 is 24.3 Å². The SMILES string of the molecule is C.CNC.COc1ncc(Br)cc1/C=C/C(=O)N(C)C.COc1ncc(Br)cc1/C=C/C(=O)O.COc1ncc(Br)cc1CCC(=O)N(C)C.COc1ncc(Br)cc1CCCN(C)C.[3H][B][3H].[B]C1CCCO1.[HH].[U]. The van der Waals surface area contributed by atoms with E-state index in [9.17, 15) is 14.4 Å². The Morgan fingerprint density at radius 2 is 1.16 bits per heavy atom. The predicted molar refractivity (Wildman–Crippen MR) is 309 cm³/mol. The third kappa shape index (κ3) is 35.5. The topological polar surface area (TPSA) is 191 Å². The van der Waals surface area contributed by atoms with Gasteiger partial charge in [0.1, 0.15) is 7.85 Å². The molecule has 1 saturated heterocycles. The van der Waals surface area contributed by atoms with Crippen LogP contribution in [0.1, 0.15) is 56.8 Å². The van der Waals surface area contributed by atoms with E-state index in [-0.39, 0.29) is 57.8 Å². The Balaban J connectivity index is -0.000000271. The number of carbonyl (C=O) groups is 3. The number of carboxylic acid groups (broad SMARTS) is 1. The van der Waals surface area contributed by atoms with E-state index in [0.717, 1.165) is 85.4 Å². The third-order valence-corrected chi connectivity index (χ3v) is 10.4. The van der Waals surface area contributed by atoms with E-state index in [2.05, 4.69) is 114 Å². The molecular formula is C49H75B2Br4N8O9U. The normalized spacial score (nSPS) is 12.0. The summed E-state index contributed by atoms with van der Waals surface area (Å²) in [6.45, 7) is 1.94. The summed E-state index contributed by atoms with van der Waals surface area (Å²) < 4.78 is 40.3. The molecule has 0 spiro atoms. The van der Waals surface area contributed by atoms with Crippen molar-refractivity contribution in [3.05, 3.63) is 101 Å². The van der Waals surface area contributed by atoms with Crippen LogP contribution in [0, 0.1) is 31.1 Å². The number of carbonyl (C=O) groups excluding carboxylic acids is 2. The molecule has 0 saturated carbocycles. The zero-order valence-corrected chi connectivity index (χ0v) is 53.7. The predicted octanol–water partition coefficient (Wildman–Crippen LogP) is 8.22. The second-order valence-electron chi connectivity index (χ2n) is 15.1. The number of nitrogens with zero attached hydrogens (tertiary/aromatic N) is 7. The van der Waals surface area contributed by atoms with Gasteiger partial charge in [-0.25, -0.2) is 24.7 Å². The molecule has 1 unspecified atom stereocenters. The molecule has 24 heteroatoms. The molecule has 0 bridgehead atoms. The van der Waals surface area contributed by atoms with Crippen molar-refractivity contribution in [3.8, 4) is 23.5 Å². The van der Waals surface area contributed by atoms with Crippen LogP contribution in [-0.4, -0.2) is 180 Å². The van der Waals surface area contributed by atoms with Crippen molar-refractivity contribution < 1.29 is 75.7 Å². The fraction of sp³-hybridized carbons (Fsp3) is 0.449. The number of carboxylic acids is 1. The van der Waals surface area contributed by atoms with Gasteiger partial charge in [0.15, 0.2) is 0 Å². The second-order valence-corrected chi connectivity index (χ2v) is 18.8. The van der Waals surface area contributed by atoms with Crippen LogP contribution in [0.4, 0.5) is 0 Å². The number of pyridine rings is 4. The quantitative estimate of drug-likeness (QED) is 0.0855. The molecule has 403 valence electrons. The van der Waals surface area contributed by atoms with Crippen LogP contribution in [0.2, 0.25) is 0 Å². The number of halogens is 4. The standard InChI is InChI=1S/C11H15BrN2O2.C11H13BrN2O2.C11H17BrN2O.C9H8BrNO3.C4H7BO.C2H7N.CH4.BH2.U.H2/c2*1-14(2)10(15)5-4-8-6-9(12)7-13-11(8)16-3;1-14(2)6-4-5-9-7-10(12)8-13-11(9)15-3;1-14-9-6(2-3-8(12)13)4-7(10)5-11-9;5-4-2-1-3-6-4;1-3-2;;;;/h6-7H,4-5H2,1-3H3;4-7H,1-3H3;7-8H,4-6H2,1-3H3;2-5H,1H3,(H,12,13);4H,1-3H2;3H,1-2H3;1H4;1H2;;1H/b;5-4+;;3-2+;;;;;;/i;;;;;;;1T2;;. The summed E-state index contributed by atoms with van der Waals surface area (Å²) in [5.41, 5.74) is 3.47. The molecule has 5 rings (SSSR count). The number of hydrogen-bond donors (Lipinski definition) is 2. The van der Waals surface area contributed by atoms with Gasteiger partial charge < -0.3 is 48.8 Å². The Morgan fingerprint density at radius 3 is 1.49 bits per heavy atom. The molecule has 1 atom stereocenters. The molecule has 0 aromatic carbocycles. The fourth-order valence-electron chi connectivity index (χ4n) is 5.25. The van der Waals surface area contributed by atoms with E-state index in [0.29, 0.717) is 44.4 Å². The molecule has 1 fully saturated rings. The number of amides is 2. The Morgan fingerprint density at radius 1 is 0.767 bits per heavy atom. The number of hydrogen-bond acceptors (Lipinski definition) is 14. The molecule has 3 radical (unpaired) electrons. The zero-order chi connectivity index (χ0) is 55.9. The summed E-state index contributed by atoms with van der Waals surface area (Å²) in [5, 5.41) is 11.2. The Bertz CT molecular complexity index is 2270. The van der Waals surface area contributed by atoms with Gasteiger partial charge in [-0.2, -0.15) is 0 Å². The average molecular weight is 1500 g/mol. The van der Waals surface area contributed by atoms with Crippen molar-refractivity contribution >= 4 is 110 Å². The average Bonchev–Trinajstić information content (AvgIpc) is 3.83. The smallest absolute Gasteiger partial charge is 0.328 e. The van der Waals surface area contributed by atoms with Gasteiger partial charge in [0, 0.05) is 157 Å². The van der Waals surface area contributed by atoms with Gasteiger partial charge in [-0.3, -0.25) is 9.59 Å². The summed E-state index contributed by atoms with van der Waals surface area (Å²) in [6, 6.07) is 7.61. The number of ether oxygens (including phenoxy) is 5. The molecule has 4 aromatic heterocycles. The first-order valence-electron chi connectivity index (χ1n) is 22.7. The molecule has 0 aliphatic carbocycles. The van der Waals surface area contributed by atoms with E-state index in [1.54, 1.807) is 91.3 Å². The molecule has 1 aliphatic heterocycles. The van der Waals surface area contributed by atoms with Gasteiger partial charge in [-0.15, -0.1) is 0 Å². The van der Waals surface area contributed by atoms with Crippen molar-refractivity contribution in [1.82, 2.24) is 40.0 Å². The molecule has 17 nitrogen and oxygen atoms in total. The Hall–Kier alpha value is -3.33. The molecule has 73 heavy (non-hydrogen) atoms. The second kappa shape index (κ2) is 44.9. The van der Waals surface area contributed by atoms with Crippen LogP contribution in [-0.2, 0) is 32.0 Å². The van der Waals surface area contributed by atoms with Crippen molar-refractivity contribution in [2.24, 2.45) is 0 Å². The first-order chi connectivity index (χ1) is 34.6. The number of likely N-dealkylation sites (N-methyl/N-ethyl adjacent to an activating group) is 1. The summed E-state index contributed by atoms with van der Waals surface area (Å²) in [7, 11) is 26.9. The fourth-order valence-corrected chi connectivity index (χ4v) is 6.71. The molecule has 4 aromatic rings. The maximum atomic E-state index is 11.5. The summed E-state index contributed by atoms with van der Waals surface area (Å²) in [6.07, 6.45) is 17.7. The van der Waals surface area contributed by atoms with Gasteiger partial charge in [0.2, 0.25) is 35.3 Å². The monoisotopic (exact) mass is 1500 g/mol. The number of nitrogens with one attached hydrogen (secondary N) is 1. The van der Waals surface area contributed by atoms with E-state index < -0.39 is 5.97 Å². The number of aryl methyl sites for hydroxylation is 2. The van der Waals surface area contributed by atoms with Crippen LogP contribution in [0.15, 0.2) is 79.1 Å². The Kier molecular flexibility index (Phi) is 44.1. The van der Waals surface area contributed by atoms with Crippen LogP contribution in [0.5, 0.6) is 23.5 Å². The number of aromatic nitrogens is 4. The molecule has 1 aliphatic rings. The minimum absolute atomic E-state index is 0. The third-order valence-electron chi connectivity index (χ3n) is 8.62. The summed E-state index contributed by atoms with van der Waals surface area (Å²) in [5.74, 6) is 1.21. The van der Waals surface area contributed by atoms with Crippen molar-refractivity contribution in [3.63, 3.8) is 0 Å². The van der Waals surface area contributed by atoms with Crippen LogP contribution in [0.25, 0.3) is 12.2 Å². The largest absolute Gasteiger partial charge is 0.481 e. The van der Waals surface area contributed by atoms with Gasteiger partial charge in [-0.05, 0) is 170 Å². The first-order valence-corrected chi connectivity index (χ1v) is 24.7. The van der Waals surface area contributed by atoms with E-state index in [1.165, 1.54) is 24.2 Å². The van der Waals surface area contributed by atoms with Crippen molar-refractivity contribution in [1.29, 1.82) is 2.67 Å². The molecule has 2 N–H and O–H groups in total. The number of aliphatic carboxylic acids is 1. The van der Waals surface area contributed by atoms with Gasteiger partial charge >= 0.3 is 5.97 Å². The molecule has 2 amide bonds. The van der Waals surface area contributed by atoms with Crippen LogP contribution in [0.3, 0.4) is 0 Å². The number of rotatable bonds is 15. The minimum atomic E-state index is -1.01. The van der Waals surface area contributed by atoms with Gasteiger partial charge in [-0.1, -0.05) is 7.43 Å². The minimum Gasteiger partial charge on any atom is -0.481 e. The maximum Gasteiger partial charge on any atom is 0.328 e. The number of methoxy groups -OCH3 is 4. The van der Waals surface area contributed by atoms with E-state index in [1.807, 2.05) is 26.2 Å². The van der Waals surface area contributed by atoms with Crippen molar-refractivity contribution in [2.45, 2.75) is 52.0 Å². The van der Waals surface area contributed by atoms with Gasteiger partial charge in [0.25, 0.3) is 0 Å². The Labute approximate surface area is 498 Å². The summed E-state index contributed by atoms with van der Waals surface area (Å²) in [4.78, 5) is 54.7. The zero-order valence-electron chi connectivity index (χ0n) is 45.2. The maximum absolute atomic E-state index is 11.5. The van der Waals surface area contributed by atoms with Crippen LogP contribution >= 0.6 is 63.7 Å². The molecular weight excluding hydrogens is 1420 g/mol. The summed E-state index contributed by atoms with van der Waals surface area (Å²) >= 11 is 13.3.